The fraction of sp³-hybridized carbons (Fsp3) is 0.389. The Kier molecular flexibility index (Phi) is 5.38. The minimum Gasteiger partial charge on any atom is -0.353 e. The molecule has 1 saturated heterocycles. The van der Waals surface area contributed by atoms with Gasteiger partial charge in [0.1, 0.15) is 5.82 Å². The lowest BCUT2D eigenvalue weighted by atomic mass is 10.0. The molecule has 1 aliphatic heterocycles. The summed E-state index contributed by atoms with van der Waals surface area (Å²) in [5.74, 6) is 0.836. The largest absolute Gasteiger partial charge is 0.353 e. The number of hydrogen-bond acceptors (Lipinski definition) is 5. The monoisotopic (exact) mass is 325 g/mol. The van der Waals surface area contributed by atoms with Gasteiger partial charge in [0.05, 0.1) is 6.20 Å². The molecular weight excluding hydrogens is 302 g/mol. The van der Waals surface area contributed by atoms with Crippen LogP contribution in [0.2, 0.25) is 0 Å². The lowest BCUT2D eigenvalue weighted by Gasteiger charge is -2.33. The van der Waals surface area contributed by atoms with Crippen molar-refractivity contribution < 1.29 is 4.79 Å². The maximum absolute atomic E-state index is 12.4. The predicted octanol–water partition coefficient (Wildman–Crippen LogP) is 1.38. The Morgan fingerprint density at radius 2 is 2.12 bits per heavy atom. The van der Waals surface area contributed by atoms with Crippen LogP contribution in [0.15, 0.2) is 42.9 Å². The molecule has 1 aromatic heterocycles. The number of aromatic nitrogens is 2. The van der Waals surface area contributed by atoms with Crippen LogP contribution < -0.4 is 16.0 Å². The molecule has 0 spiro atoms. The molecule has 6 heteroatoms. The van der Waals surface area contributed by atoms with Crippen LogP contribution in [0.3, 0.4) is 0 Å². The lowest BCUT2D eigenvalue weighted by molar-refractivity contribution is 0.0933. The molecule has 1 aromatic carbocycles. The second-order valence-electron chi connectivity index (χ2n) is 6.06. The van der Waals surface area contributed by atoms with Crippen LogP contribution in [-0.4, -0.2) is 41.6 Å². The summed E-state index contributed by atoms with van der Waals surface area (Å²) in [5.41, 5.74) is 7.39. The Bertz CT molecular complexity index is 659. The van der Waals surface area contributed by atoms with Gasteiger partial charge in [-0.25, -0.2) is 4.98 Å². The SMILES string of the molecule is NCCc1ccc(C(=O)N[C@@H]2CCCN(c3cnccn3)C2)cc1. The Morgan fingerprint density at radius 3 is 2.83 bits per heavy atom. The zero-order chi connectivity index (χ0) is 16.8. The van der Waals surface area contributed by atoms with Crippen molar-refractivity contribution in [3.05, 3.63) is 54.0 Å². The second-order valence-corrected chi connectivity index (χ2v) is 6.06. The van der Waals surface area contributed by atoms with E-state index in [0.29, 0.717) is 12.1 Å². The van der Waals surface area contributed by atoms with E-state index in [1.807, 2.05) is 24.3 Å². The summed E-state index contributed by atoms with van der Waals surface area (Å²) in [4.78, 5) is 23.1. The van der Waals surface area contributed by atoms with Gasteiger partial charge in [0.25, 0.3) is 5.91 Å². The van der Waals surface area contributed by atoms with Crippen LogP contribution in [0, 0.1) is 0 Å². The van der Waals surface area contributed by atoms with Crippen molar-refractivity contribution in [3.63, 3.8) is 0 Å². The van der Waals surface area contributed by atoms with Crippen LogP contribution in [0.1, 0.15) is 28.8 Å². The number of carbonyl (C=O) groups excluding carboxylic acids is 1. The molecule has 0 aliphatic carbocycles. The van der Waals surface area contributed by atoms with Crippen LogP contribution in [0.25, 0.3) is 0 Å². The molecule has 24 heavy (non-hydrogen) atoms. The van der Waals surface area contributed by atoms with E-state index in [1.165, 1.54) is 0 Å². The van der Waals surface area contributed by atoms with E-state index in [2.05, 4.69) is 20.2 Å². The summed E-state index contributed by atoms with van der Waals surface area (Å²) in [5, 5.41) is 3.13. The molecule has 0 radical (unpaired) electrons. The molecule has 3 rings (SSSR count). The number of nitrogens with one attached hydrogen (secondary N) is 1. The third-order valence-corrected chi connectivity index (χ3v) is 4.28. The number of amides is 1. The average molecular weight is 325 g/mol. The first-order valence-electron chi connectivity index (χ1n) is 8.37. The van der Waals surface area contributed by atoms with E-state index in [1.54, 1.807) is 18.6 Å². The number of hydrogen-bond donors (Lipinski definition) is 2. The Labute approximate surface area is 142 Å². The lowest BCUT2D eigenvalue weighted by Crippen LogP contribution is -2.48. The average Bonchev–Trinajstić information content (AvgIpc) is 2.63. The van der Waals surface area contributed by atoms with Crippen molar-refractivity contribution in [2.75, 3.05) is 24.5 Å². The Balaban J connectivity index is 1.59. The Morgan fingerprint density at radius 1 is 1.29 bits per heavy atom. The van der Waals surface area contributed by atoms with E-state index in [4.69, 9.17) is 5.73 Å². The molecular formula is C18H23N5O. The predicted molar refractivity (Wildman–Crippen MR) is 93.9 cm³/mol. The molecule has 2 aromatic rings. The first-order chi connectivity index (χ1) is 11.8. The van der Waals surface area contributed by atoms with Gasteiger partial charge in [-0.15, -0.1) is 0 Å². The van der Waals surface area contributed by atoms with Gasteiger partial charge >= 0.3 is 0 Å². The zero-order valence-corrected chi connectivity index (χ0v) is 13.7. The standard InChI is InChI=1S/C18H23N5O/c19-8-7-14-3-5-15(6-4-14)18(24)22-16-2-1-11-23(13-16)17-12-20-9-10-21-17/h3-6,9-10,12,16H,1-2,7-8,11,13,19H2,(H,22,24)/t16-/m1/s1. The molecule has 3 N–H and O–H groups in total. The molecule has 2 heterocycles. The summed E-state index contributed by atoms with van der Waals surface area (Å²) in [6.07, 6.45) is 7.96. The number of nitrogens with two attached hydrogens (primary N) is 1. The number of piperidine rings is 1. The summed E-state index contributed by atoms with van der Waals surface area (Å²) in [7, 11) is 0. The molecule has 6 nitrogen and oxygen atoms in total. The van der Waals surface area contributed by atoms with Gasteiger partial charge in [-0.3, -0.25) is 9.78 Å². The number of nitrogens with zero attached hydrogens (tertiary/aromatic N) is 3. The minimum absolute atomic E-state index is 0.0275. The number of benzene rings is 1. The van der Waals surface area contributed by atoms with Gasteiger partial charge in [-0.05, 0) is 43.5 Å². The first-order valence-corrected chi connectivity index (χ1v) is 8.37. The summed E-state index contributed by atoms with van der Waals surface area (Å²) >= 11 is 0. The van der Waals surface area contributed by atoms with Gasteiger partial charge in [0, 0.05) is 37.1 Å². The highest BCUT2D eigenvalue weighted by Gasteiger charge is 2.22. The van der Waals surface area contributed by atoms with Crippen molar-refractivity contribution >= 4 is 11.7 Å². The third-order valence-electron chi connectivity index (χ3n) is 4.28. The highest BCUT2D eigenvalue weighted by atomic mass is 16.1. The fourth-order valence-corrected chi connectivity index (χ4v) is 3.02. The van der Waals surface area contributed by atoms with E-state index in [-0.39, 0.29) is 11.9 Å². The quantitative estimate of drug-likeness (QED) is 0.867. The van der Waals surface area contributed by atoms with Crippen LogP contribution in [0.5, 0.6) is 0 Å². The van der Waals surface area contributed by atoms with Gasteiger partial charge in [-0.1, -0.05) is 12.1 Å². The van der Waals surface area contributed by atoms with Crippen molar-refractivity contribution in [2.24, 2.45) is 5.73 Å². The molecule has 0 unspecified atom stereocenters. The van der Waals surface area contributed by atoms with E-state index < -0.39 is 0 Å². The molecule has 1 amide bonds. The number of rotatable bonds is 5. The van der Waals surface area contributed by atoms with Gasteiger partial charge in [0.2, 0.25) is 0 Å². The van der Waals surface area contributed by atoms with Crippen molar-refractivity contribution in [1.82, 2.24) is 15.3 Å². The van der Waals surface area contributed by atoms with Crippen molar-refractivity contribution in [2.45, 2.75) is 25.3 Å². The van der Waals surface area contributed by atoms with E-state index >= 15 is 0 Å². The summed E-state index contributed by atoms with van der Waals surface area (Å²) in [6, 6.07) is 7.79. The van der Waals surface area contributed by atoms with Gasteiger partial charge in [-0.2, -0.15) is 0 Å². The highest BCUT2D eigenvalue weighted by molar-refractivity contribution is 5.94. The second kappa shape index (κ2) is 7.88. The summed E-state index contributed by atoms with van der Waals surface area (Å²) < 4.78 is 0. The van der Waals surface area contributed by atoms with Gasteiger partial charge < -0.3 is 16.0 Å². The number of anilines is 1. The van der Waals surface area contributed by atoms with Crippen LogP contribution >= 0.6 is 0 Å². The first kappa shape index (κ1) is 16.4. The summed E-state index contributed by atoms with van der Waals surface area (Å²) in [6.45, 7) is 2.32. The van der Waals surface area contributed by atoms with Crippen molar-refractivity contribution in [3.8, 4) is 0 Å². The van der Waals surface area contributed by atoms with E-state index in [9.17, 15) is 4.79 Å². The fourth-order valence-electron chi connectivity index (χ4n) is 3.02. The number of carbonyl (C=O) groups is 1. The molecule has 1 aliphatic rings. The molecule has 1 fully saturated rings. The maximum atomic E-state index is 12.4. The maximum Gasteiger partial charge on any atom is 0.251 e. The Hall–Kier alpha value is -2.47. The van der Waals surface area contributed by atoms with E-state index in [0.717, 1.165) is 43.7 Å². The molecule has 0 saturated carbocycles. The molecule has 1 atom stereocenters. The van der Waals surface area contributed by atoms with Gasteiger partial charge in [0.15, 0.2) is 0 Å². The molecule has 0 bridgehead atoms. The topological polar surface area (TPSA) is 84.1 Å². The van der Waals surface area contributed by atoms with Crippen LogP contribution in [-0.2, 0) is 6.42 Å². The van der Waals surface area contributed by atoms with Crippen molar-refractivity contribution in [1.29, 1.82) is 0 Å². The molecule has 126 valence electrons. The minimum atomic E-state index is -0.0275. The normalized spacial score (nSPS) is 17.5. The van der Waals surface area contributed by atoms with Crippen LogP contribution in [0.4, 0.5) is 5.82 Å². The third kappa shape index (κ3) is 4.08. The highest BCUT2D eigenvalue weighted by Crippen LogP contribution is 2.17. The zero-order valence-electron chi connectivity index (χ0n) is 13.7. The smallest absolute Gasteiger partial charge is 0.251 e.